The van der Waals surface area contributed by atoms with Crippen molar-refractivity contribution in [3.8, 4) is 17.1 Å². The lowest BCUT2D eigenvalue weighted by Gasteiger charge is -2.29. The minimum absolute atomic E-state index is 0.148. The third-order valence-corrected chi connectivity index (χ3v) is 6.39. The lowest BCUT2D eigenvalue weighted by Crippen LogP contribution is -2.50. The smallest absolute Gasteiger partial charge is 0.287 e. The summed E-state index contributed by atoms with van der Waals surface area (Å²) in [6.07, 6.45) is 5.23. The highest BCUT2D eigenvalue weighted by Gasteiger charge is 2.31. The van der Waals surface area contributed by atoms with Crippen molar-refractivity contribution in [2.24, 2.45) is 13.0 Å². The fraction of sp³-hybridized carbons (Fsp3) is 0.423. The van der Waals surface area contributed by atoms with E-state index in [0.29, 0.717) is 12.4 Å². The zero-order valence-electron chi connectivity index (χ0n) is 20.0. The van der Waals surface area contributed by atoms with Crippen LogP contribution in [0.25, 0.3) is 11.3 Å². The van der Waals surface area contributed by atoms with Crippen LogP contribution in [0.4, 0.5) is 0 Å². The van der Waals surface area contributed by atoms with E-state index in [-0.39, 0.29) is 23.5 Å². The number of carbonyl (C=O) groups is 2. The van der Waals surface area contributed by atoms with Gasteiger partial charge in [0.15, 0.2) is 5.76 Å². The molecule has 0 radical (unpaired) electrons. The van der Waals surface area contributed by atoms with Crippen LogP contribution in [0.5, 0.6) is 5.75 Å². The van der Waals surface area contributed by atoms with Crippen molar-refractivity contribution < 1.29 is 18.7 Å². The van der Waals surface area contributed by atoms with Gasteiger partial charge < -0.3 is 19.8 Å². The summed E-state index contributed by atoms with van der Waals surface area (Å²) in [6.45, 7) is 2.38. The molecule has 1 aliphatic rings. The number of hydrogen-bond donors (Lipinski definition) is 2. The maximum absolute atomic E-state index is 12.9. The molecule has 1 fully saturated rings. The number of amides is 2. The number of furan rings is 1. The number of rotatable bonds is 8. The number of hydrogen-bond acceptors (Lipinski definition) is 5. The van der Waals surface area contributed by atoms with Crippen molar-refractivity contribution in [1.82, 2.24) is 20.4 Å². The number of likely N-dealkylation sites (N-methyl/N-ethyl adjacent to an activating group) is 1. The predicted molar refractivity (Wildman–Crippen MR) is 128 cm³/mol. The van der Waals surface area contributed by atoms with Gasteiger partial charge in [-0.25, -0.2) is 0 Å². The van der Waals surface area contributed by atoms with Crippen molar-refractivity contribution >= 4 is 11.8 Å². The van der Waals surface area contributed by atoms with Gasteiger partial charge in [0.2, 0.25) is 5.91 Å². The number of carbonyl (C=O) groups excluding carboxylic acids is 2. The van der Waals surface area contributed by atoms with Crippen molar-refractivity contribution in [2.45, 2.75) is 51.7 Å². The Labute approximate surface area is 199 Å². The lowest BCUT2D eigenvalue weighted by atomic mass is 9.83. The van der Waals surface area contributed by atoms with Gasteiger partial charge in [-0.05, 0) is 68.1 Å². The van der Waals surface area contributed by atoms with Crippen LogP contribution < -0.4 is 15.4 Å². The van der Waals surface area contributed by atoms with Gasteiger partial charge in [-0.15, -0.1) is 0 Å². The monoisotopic (exact) mass is 464 g/mol. The molecular weight excluding hydrogens is 432 g/mol. The highest BCUT2D eigenvalue weighted by atomic mass is 16.5. The van der Waals surface area contributed by atoms with E-state index in [1.165, 1.54) is 6.42 Å². The Morgan fingerprint density at radius 2 is 1.88 bits per heavy atom. The van der Waals surface area contributed by atoms with Crippen LogP contribution >= 0.6 is 0 Å². The van der Waals surface area contributed by atoms with Gasteiger partial charge in [-0.3, -0.25) is 14.3 Å². The molecule has 8 nitrogen and oxygen atoms in total. The van der Waals surface area contributed by atoms with E-state index in [1.54, 1.807) is 19.2 Å². The van der Waals surface area contributed by atoms with Crippen LogP contribution in [0.2, 0.25) is 0 Å². The van der Waals surface area contributed by atoms with Crippen molar-refractivity contribution in [3.05, 3.63) is 59.6 Å². The Morgan fingerprint density at radius 1 is 1.15 bits per heavy atom. The van der Waals surface area contributed by atoms with E-state index in [0.717, 1.165) is 48.4 Å². The molecule has 1 atom stereocenters. The van der Waals surface area contributed by atoms with E-state index in [4.69, 9.17) is 9.15 Å². The zero-order valence-corrected chi connectivity index (χ0v) is 20.0. The quantitative estimate of drug-likeness (QED) is 0.525. The molecule has 2 N–H and O–H groups in total. The molecule has 8 heteroatoms. The van der Waals surface area contributed by atoms with E-state index >= 15 is 0 Å². The molecule has 2 aromatic heterocycles. The summed E-state index contributed by atoms with van der Waals surface area (Å²) in [5, 5.41) is 9.90. The molecule has 0 saturated heterocycles. The van der Waals surface area contributed by atoms with Crippen LogP contribution in [-0.4, -0.2) is 34.7 Å². The van der Waals surface area contributed by atoms with E-state index < -0.39 is 6.04 Å². The highest BCUT2D eigenvalue weighted by Crippen LogP contribution is 2.28. The number of aromatic nitrogens is 2. The summed E-state index contributed by atoms with van der Waals surface area (Å²) in [5.74, 6) is 1.10. The summed E-state index contributed by atoms with van der Waals surface area (Å²) in [5.41, 5.74) is 2.78. The third kappa shape index (κ3) is 5.50. The third-order valence-electron chi connectivity index (χ3n) is 6.39. The predicted octanol–water partition coefficient (Wildman–Crippen LogP) is 3.99. The van der Waals surface area contributed by atoms with Crippen LogP contribution in [0.1, 0.15) is 54.0 Å². The average Bonchev–Trinajstić information content (AvgIpc) is 3.47. The van der Waals surface area contributed by atoms with Crippen molar-refractivity contribution in [3.63, 3.8) is 0 Å². The first-order valence-electron chi connectivity index (χ1n) is 11.8. The van der Waals surface area contributed by atoms with E-state index in [9.17, 15) is 9.59 Å². The minimum Gasteiger partial charge on any atom is -0.487 e. The first-order chi connectivity index (χ1) is 16.4. The normalized spacial score (nSPS) is 15.0. The average molecular weight is 465 g/mol. The van der Waals surface area contributed by atoms with Gasteiger partial charge in [-0.2, -0.15) is 5.10 Å². The standard InChI is InChI=1S/C26H32N4O4/c1-17-15-20(30(3)29-17)16-33-21-11-9-18(10-12-21)22-13-14-23(34-22)25(31)28-24(26(32)27-2)19-7-5-4-6-8-19/h9-15,19,24H,4-8,16H2,1-3H3,(H,27,32)(H,28,31). The molecule has 0 spiro atoms. The maximum atomic E-state index is 12.9. The highest BCUT2D eigenvalue weighted by molar-refractivity contribution is 5.96. The first-order valence-corrected chi connectivity index (χ1v) is 11.8. The molecular formula is C26H32N4O4. The van der Waals surface area contributed by atoms with Crippen LogP contribution in [0.3, 0.4) is 0 Å². The molecule has 4 rings (SSSR count). The Bertz CT molecular complexity index is 1130. The fourth-order valence-corrected chi connectivity index (χ4v) is 4.52. The number of nitrogens with one attached hydrogen (secondary N) is 2. The van der Waals surface area contributed by atoms with E-state index in [2.05, 4.69) is 15.7 Å². The second-order valence-corrected chi connectivity index (χ2v) is 8.84. The SMILES string of the molecule is CNC(=O)C(NC(=O)c1ccc(-c2ccc(OCc3cc(C)nn3C)cc2)o1)C1CCCCC1. The molecule has 1 unspecified atom stereocenters. The first kappa shape index (κ1) is 23.6. The summed E-state index contributed by atoms with van der Waals surface area (Å²) in [7, 11) is 3.49. The largest absolute Gasteiger partial charge is 0.487 e. The summed E-state index contributed by atoms with van der Waals surface area (Å²) < 4.78 is 13.5. The fourth-order valence-electron chi connectivity index (χ4n) is 4.52. The van der Waals surface area contributed by atoms with Crippen molar-refractivity contribution in [2.75, 3.05) is 7.05 Å². The zero-order chi connectivity index (χ0) is 24.1. The molecule has 1 aliphatic carbocycles. The topological polar surface area (TPSA) is 98.4 Å². The van der Waals surface area contributed by atoms with Crippen LogP contribution in [0, 0.1) is 12.8 Å². The number of nitrogens with zero attached hydrogens (tertiary/aromatic N) is 2. The molecule has 2 amide bonds. The Kier molecular flexibility index (Phi) is 7.35. The summed E-state index contributed by atoms with van der Waals surface area (Å²) >= 11 is 0. The van der Waals surface area contributed by atoms with Gasteiger partial charge >= 0.3 is 0 Å². The number of aryl methyl sites for hydroxylation is 2. The summed E-state index contributed by atoms with van der Waals surface area (Å²) in [4.78, 5) is 25.3. The molecule has 1 saturated carbocycles. The Balaban J connectivity index is 1.39. The number of ether oxygens (including phenoxy) is 1. The van der Waals surface area contributed by atoms with Gasteiger partial charge in [0.1, 0.15) is 24.2 Å². The van der Waals surface area contributed by atoms with Gasteiger partial charge in [0.05, 0.1) is 11.4 Å². The summed E-state index contributed by atoms with van der Waals surface area (Å²) in [6, 6.07) is 12.4. The molecule has 1 aromatic carbocycles. The lowest BCUT2D eigenvalue weighted by molar-refractivity contribution is -0.124. The van der Waals surface area contributed by atoms with Crippen LogP contribution in [0.15, 0.2) is 46.9 Å². The van der Waals surface area contributed by atoms with Gasteiger partial charge in [0, 0.05) is 19.7 Å². The molecule has 0 bridgehead atoms. The Morgan fingerprint density at radius 3 is 2.53 bits per heavy atom. The second kappa shape index (κ2) is 10.6. The van der Waals surface area contributed by atoms with Gasteiger partial charge in [-0.1, -0.05) is 19.3 Å². The molecule has 3 aromatic rings. The minimum atomic E-state index is -0.550. The van der Waals surface area contributed by atoms with Gasteiger partial charge in [0.25, 0.3) is 5.91 Å². The van der Waals surface area contributed by atoms with E-state index in [1.807, 2.05) is 49.0 Å². The molecule has 34 heavy (non-hydrogen) atoms. The molecule has 0 aliphatic heterocycles. The maximum Gasteiger partial charge on any atom is 0.287 e. The number of benzene rings is 1. The second-order valence-electron chi connectivity index (χ2n) is 8.84. The van der Waals surface area contributed by atoms with Crippen molar-refractivity contribution in [1.29, 1.82) is 0 Å². The molecule has 180 valence electrons. The Hall–Kier alpha value is -3.55. The van der Waals surface area contributed by atoms with Crippen LogP contribution in [-0.2, 0) is 18.4 Å². The molecule has 2 heterocycles.